The van der Waals surface area contributed by atoms with E-state index in [0.29, 0.717) is 40.6 Å². The van der Waals surface area contributed by atoms with Gasteiger partial charge in [0.25, 0.3) is 0 Å². The molecule has 0 amide bonds. The van der Waals surface area contributed by atoms with E-state index in [2.05, 4.69) is 5.16 Å². The minimum atomic E-state index is -0.454. The molecule has 0 saturated carbocycles. The highest BCUT2D eigenvalue weighted by molar-refractivity contribution is 6.29. The summed E-state index contributed by atoms with van der Waals surface area (Å²) in [5.41, 5.74) is 1.69. The van der Waals surface area contributed by atoms with Gasteiger partial charge in [0.05, 0.1) is 19.1 Å². The molecule has 158 valence electrons. The van der Waals surface area contributed by atoms with Crippen molar-refractivity contribution in [2.24, 2.45) is 0 Å². The maximum absolute atomic E-state index is 12.8. The minimum absolute atomic E-state index is 0.0841. The Morgan fingerprint density at radius 3 is 2.74 bits per heavy atom. The Morgan fingerprint density at radius 2 is 2.00 bits per heavy atom. The van der Waals surface area contributed by atoms with Crippen molar-refractivity contribution in [1.29, 1.82) is 0 Å². The SMILES string of the molecule is COc1ccccc1/C=C1\Oc2c(ccc(OC(=O)CCc3cc(Cl)no3)c2C)C1=O. The smallest absolute Gasteiger partial charge is 0.311 e. The highest BCUT2D eigenvalue weighted by Crippen LogP contribution is 2.39. The summed E-state index contributed by atoms with van der Waals surface area (Å²) in [6.07, 6.45) is 2.03. The van der Waals surface area contributed by atoms with Crippen LogP contribution in [0.15, 0.2) is 52.7 Å². The minimum Gasteiger partial charge on any atom is -0.496 e. The lowest BCUT2D eigenvalue weighted by molar-refractivity contribution is -0.134. The molecule has 0 fully saturated rings. The van der Waals surface area contributed by atoms with Crippen LogP contribution in [0.4, 0.5) is 0 Å². The molecule has 0 unspecified atom stereocenters. The molecule has 1 aromatic heterocycles. The molecule has 2 aromatic carbocycles. The molecule has 0 aliphatic carbocycles. The average molecular weight is 440 g/mol. The number of hydrogen-bond acceptors (Lipinski definition) is 7. The topological polar surface area (TPSA) is 87.9 Å². The maximum atomic E-state index is 12.8. The van der Waals surface area contributed by atoms with Gasteiger partial charge < -0.3 is 18.7 Å². The number of halogens is 1. The lowest BCUT2D eigenvalue weighted by Gasteiger charge is -2.10. The Balaban J connectivity index is 1.51. The molecule has 31 heavy (non-hydrogen) atoms. The van der Waals surface area contributed by atoms with Gasteiger partial charge in [0.2, 0.25) is 5.78 Å². The van der Waals surface area contributed by atoms with Crippen LogP contribution < -0.4 is 14.2 Å². The number of benzene rings is 2. The summed E-state index contributed by atoms with van der Waals surface area (Å²) in [5.74, 6) is 1.29. The van der Waals surface area contributed by atoms with E-state index in [9.17, 15) is 9.59 Å². The molecule has 1 aliphatic heterocycles. The molecule has 0 spiro atoms. The average Bonchev–Trinajstić information content (AvgIpc) is 3.32. The number of allylic oxidation sites excluding steroid dienone is 1. The zero-order valence-corrected chi connectivity index (χ0v) is 17.6. The number of fused-ring (bicyclic) bond motifs is 1. The lowest BCUT2D eigenvalue weighted by atomic mass is 10.1. The number of ketones is 1. The normalized spacial score (nSPS) is 13.8. The van der Waals surface area contributed by atoms with Crippen molar-refractivity contribution in [3.63, 3.8) is 0 Å². The van der Waals surface area contributed by atoms with Crippen LogP contribution in [0.1, 0.15) is 33.7 Å². The fraction of sp³-hybridized carbons (Fsp3) is 0.174. The molecule has 8 heteroatoms. The second-order valence-electron chi connectivity index (χ2n) is 6.84. The van der Waals surface area contributed by atoms with Crippen molar-refractivity contribution in [2.75, 3.05) is 7.11 Å². The molecule has 1 aliphatic rings. The van der Waals surface area contributed by atoms with Crippen LogP contribution in [0, 0.1) is 6.92 Å². The number of hydrogen-bond donors (Lipinski definition) is 0. The highest BCUT2D eigenvalue weighted by Gasteiger charge is 2.30. The van der Waals surface area contributed by atoms with Gasteiger partial charge in [-0.05, 0) is 31.2 Å². The summed E-state index contributed by atoms with van der Waals surface area (Å²) in [6.45, 7) is 1.73. The van der Waals surface area contributed by atoms with E-state index in [1.807, 2.05) is 18.2 Å². The highest BCUT2D eigenvalue weighted by atomic mass is 35.5. The van der Waals surface area contributed by atoms with Crippen LogP contribution in [0.25, 0.3) is 6.08 Å². The summed E-state index contributed by atoms with van der Waals surface area (Å²) in [7, 11) is 1.56. The first-order valence-corrected chi connectivity index (χ1v) is 9.86. The fourth-order valence-electron chi connectivity index (χ4n) is 3.21. The Labute approximate surface area is 183 Å². The molecule has 0 N–H and O–H groups in total. The van der Waals surface area contributed by atoms with Crippen LogP contribution in [-0.2, 0) is 11.2 Å². The van der Waals surface area contributed by atoms with Gasteiger partial charge in [-0.1, -0.05) is 35.0 Å². The second-order valence-corrected chi connectivity index (χ2v) is 7.22. The molecule has 3 aromatic rings. The van der Waals surface area contributed by atoms with Crippen LogP contribution in [-0.4, -0.2) is 24.0 Å². The molecule has 0 atom stereocenters. The molecular weight excluding hydrogens is 422 g/mol. The molecule has 2 heterocycles. The van der Waals surface area contributed by atoms with Crippen molar-refractivity contribution < 1.29 is 28.3 Å². The van der Waals surface area contributed by atoms with Crippen molar-refractivity contribution in [2.45, 2.75) is 19.8 Å². The first-order chi connectivity index (χ1) is 15.0. The Bertz CT molecular complexity index is 1200. The summed E-state index contributed by atoms with van der Waals surface area (Å²) in [6, 6.07) is 12.0. The number of rotatable bonds is 6. The van der Waals surface area contributed by atoms with Crippen LogP contribution in [0.2, 0.25) is 5.15 Å². The summed E-state index contributed by atoms with van der Waals surface area (Å²) in [5, 5.41) is 3.80. The second kappa shape index (κ2) is 8.65. The third kappa shape index (κ3) is 4.32. The predicted octanol–water partition coefficient (Wildman–Crippen LogP) is 4.80. The number of aryl methyl sites for hydroxylation is 1. The number of ether oxygens (including phenoxy) is 3. The Hall–Kier alpha value is -3.58. The van der Waals surface area contributed by atoms with Crippen molar-refractivity contribution >= 4 is 29.4 Å². The van der Waals surface area contributed by atoms with E-state index in [4.69, 9.17) is 30.3 Å². The predicted molar refractivity (Wildman–Crippen MR) is 113 cm³/mol. The molecule has 7 nitrogen and oxygen atoms in total. The largest absolute Gasteiger partial charge is 0.496 e. The molecule has 0 radical (unpaired) electrons. The van der Waals surface area contributed by atoms with E-state index in [0.717, 1.165) is 5.56 Å². The number of methoxy groups -OCH3 is 1. The standard InChI is InChI=1S/C23H18ClNO6/c1-13-17(29-21(26)10-7-15-12-20(24)25-31-15)9-8-16-22(27)19(30-23(13)16)11-14-5-3-4-6-18(14)28-2/h3-6,8-9,11-12H,7,10H2,1-2H3/b19-11-. The van der Waals surface area contributed by atoms with Gasteiger partial charge in [0.1, 0.15) is 23.0 Å². The Kier molecular flexibility index (Phi) is 5.77. The van der Waals surface area contributed by atoms with E-state index in [1.165, 1.54) is 0 Å². The summed E-state index contributed by atoms with van der Waals surface area (Å²) >= 11 is 5.70. The zero-order valence-electron chi connectivity index (χ0n) is 16.8. The van der Waals surface area contributed by atoms with E-state index < -0.39 is 5.97 Å². The van der Waals surface area contributed by atoms with E-state index in [1.54, 1.807) is 44.4 Å². The van der Waals surface area contributed by atoms with Gasteiger partial charge >= 0.3 is 5.97 Å². The monoisotopic (exact) mass is 439 g/mol. The van der Waals surface area contributed by atoms with Gasteiger partial charge in [-0.2, -0.15) is 0 Å². The first kappa shape index (κ1) is 20.7. The van der Waals surface area contributed by atoms with Crippen molar-refractivity contribution in [1.82, 2.24) is 5.16 Å². The zero-order chi connectivity index (χ0) is 22.0. The molecule has 0 saturated heterocycles. The number of carbonyl (C=O) groups excluding carboxylic acids is 2. The number of para-hydroxylation sites is 1. The van der Waals surface area contributed by atoms with Crippen LogP contribution >= 0.6 is 11.6 Å². The third-order valence-corrected chi connectivity index (χ3v) is 4.97. The van der Waals surface area contributed by atoms with Crippen molar-refractivity contribution in [3.8, 4) is 17.2 Å². The van der Waals surface area contributed by atoms with Gasteiger partial charge in [-0.25, -0.2) is 0 Å². The number of esters is 1. The van der Waals surface area contributed by atoms with Crippen LogP contribution in [0.3, 0.4) is 0 Å². The van der Waals surface area contributed by atoms with E-state index >= 15 is 0 Å². The van der Waals surface area contributed by atoms with Gasteiger partial charge in [-0.3, -0.25) is 9.59 Å². The molecule has 4 rings (SSSR count). The van der Waals surface area contributed by atoms with Crippen LogP contribution in [0.5, 0.6) is 17.2 Å². The number of aromatic nitrogens is 1. The molecule has 0 bridgehead atoms. The summed E-state index contributed by atoms with van der Waals surface area (Å²) < 4.78 is 21.6. The third-order valence-electron chi connectivity index (χ3n) is 4.79. The first-order valence-electron chi connectivity index (χ1n) is 9.49. The fourth-order valence-corrected chi connectivity index (χ4v) is 3.37. The van der Waals surface area contributed by atoms with Gasteiger partial charge in [0.15, 0.2) is 10.9 Å². The van der Waals surface area contributed by atoms with Gasteiger partial charge in [-0.15, -0.1) is 0 Å². The lowest BCUT2D eigenvalue weighted by Crippen LogP contribution is -2.10. The molecular formula is C23H18ClNO6. The Morgan fingerprint density at radius 1 is 1.19 bits per heavy atom. The number of Topliss-reactive ketones (excluding diaryl/α,β-unsaturated/α-hetero) is 1. The number of carbonyl (C=O) groups is 2. The summed E-state index contributed by atoms with van der Waals surface area (Å²) in [4.78, 5) is 25.0. The van der Waals surface area contributed by atoms with Gasteiger partial charge in [0, 0.05) is 23.6 Å². The van der Waals surface area contributed by atoms with E-state index in [-0.39, 0.29) is 23.1 Å². The maximum Gasteiger partial charge on any atom is 0.311 e. The quantitative estimate of drug-likeness (QED) is 0.309. The number of nitrogens with zero attached hydrogens (tertiary/aromatic N) is 1. The van der Waals surface area contributed by atoms with Crippen molar-refractivity contribution in [3.05, 3.63) is 75.8 Å².